The van der Waals surface area contributed by atoms with Crippen LogP contribution < -0.4 is 4.90 Å². The molecule has 1 N–H and O–H groups in total. The van der Waals surface area contributed by atoms with E-state index in [1.165, 1.54) is 14.1 Å². The Bertz CT molecular complexity index is 774. The van der Waals surface area contributed by atoms with Gasteiger partial charge in [-0.15, -0.1) is 0 Å². The average Bonchev–Trinajstić information content (AvgIpc) is 2.91. The lowest BCUT2D eigenvalue weighted by Gasteiger charge is -2.36. The summed E-state index contributed by atoms with van der Waals surface area (Å²) in [4.78, 5) is 28.2. The number of anilines is 1. The summed E-state index contributed by atoms with van der Waals surface area (Å²) in [7, 11) is -3.31. The fourth-order valence-electron chi connectivity index (χ4n) is 3.24. The molecule has 2 aliphatic rings. The topological polar surface area (TPSA) is 98.2 Å². The molecule has 2 heterocycles. The van der Waals surface area contributed by atoms with Crippen LogP contribution in [0.1, 0.15) is 6.42 Å². The molecule has 2 saturated heterocycles. The molecule has 3 rings (SSSR count). The van der Waals surface area contributed by atoms with E-state index in [0.717, 1.165) is 6.26 Å². The number of carbonyl (C=O) groups excluding carboxylic acids is 2. The van der Waals surface area contributed by atoms with E-state index in [2.05, 4.69) is 0 Å². The van der Waals surface area contributed by atoms with Crippen LogP contribution in [0.2, 0.25) is 0 Å². The largest absolute Gasteiger partial charge is 0.372 e. The van der Waals surface area contributed by atoms with E-state index in [-0.39, 0.29) is 39.1 Å². The number of hydrogen-bond acceptors (Lipinski definition) is 5. The minimum absolute atomic E-state index is 0.0197. The van der Waals surface area contributed by atoms with Gasteiger partial charge in [-0.3, -0.25) is 9.59 Å². The fraction of sp³-hybridized carbons (Fsp3) is 0.500. The highest BCUT2D eigenvalue weighted by Gasteiger charge is 2.53. The van der Waals surface area contributed by atoms with Crippen molar-refractivity contribution in [2.45, 2.75) is 12.0 Å². The summed E-state index contributed by atoms with van der Waals surface area (Å²) in [5, 5.41) is 10.7. The van der Waals surface area contributed by atoms with E-state index < -0.39 is 27.4 Å². The van der Waals surface area contributed by atoms with Crippen LogP contribution in [0, 0.1) is 0 Å². The smallest absolute Gasteiger partial charge is 0.268 e. The van der Waals surface area contributed by atoms with Gasteiger partial charge in [-0.2, -0.15) is 4.31 Å². The molecule has 0 bridgehead atoms. The first-order valence-electron chi connectivity index (χ1n) is 8.07. The molecular weight excluding hydrogens is 346 g/mol. The summed E-state index contributed by atoms with van der Waals surface area (Å²) < 4.78 is 24.4. The molecule has 1 aromatic carbocycles. The zero-order valence-electron chi connectivity index (χ0n) is 14.0. The molecule has 0 radical (unpaired) electrons. The molecular formula is C16H21N3O5S. The standard InChI is InChI=1S/C16H21N3O5S/c1-25(23,24)18-11-9-17(10-12-18)14(20)16(22)7-8-19(15(16)21)13-5-3-2-4-6-13/h2-6,22H,7-12H2,1H3/t16-/m0/s1. The lowest BCUT2D eigenvalue weighted by Crippen LogP contribution is -2.59. The first kappa shape index (κ1) is 17.8. The van der Waals surface area contributed by atoms with E-state index in [9.17, 15) is 23.1 Å². The van der Waals surface area contributed by atoms with Crippen LogP contribution in [-0.2, 0) is 19.6 Å². The van der Waals surface area contributed by atoms with Gasteiger partial charge in [-0.1, -0.05) is 18.2 Å². The second-order valence-electron chi connectivity index (χ2n) is 6.36. The zero-order chi connectivity index (χ0) is 18.2. The van der Waals surface area contributed by atoms with E-state index in [1.54, 1.807) is 24.3 Å². The Morgan fingerprint density at radius 2 is 1.68 bits per heavy atom. The van der Waals surface area contributed by atoms with Crippen LogP contribution in [0.4, 0.5) is 5.69 Å². The quantitative estimate of drug-likeness (QED) is 0.710. The molecule has 0 aromatic heterocycles. The van der Waals surface area contributed by atoms with Crippen molar-refractivity contribution in [2.24, 2.45) is 0 Å². The molecule has 136 valence electrons. The third-order valence-electron chi connectivity index (χ3n) is 4.71. The van der Waals surface area contributed by atoms with Crippen molar-refractivity contribution >= 4 is 27.5 Å². The Hall–Kier alpha value is -1.97. The van der Waals surface area contributed by atoms with E-state index in [4.69, 9.17) is 0 Å². The summed E-state index contributed by atoms with van der Waals surface area (Å²) in [6.45, 7) is 0.905. The van der Waals surface area contributed by atoms with Gasteiger partial charge >= 0.3 is 0 Å². The van der Waals surface area contributed by atoms with Crippen LogP contribution in [0.5, 0.6) is 0 Å². The Morgan fingerprint density at radius 3 is 2.24 bits per heavy atom. The lowest BCUT2D eigenvalue weighted by molar-refractivity contribution is -0.158. The molecule has 9 heteroatoms. The molecule has 1 aromatic rings. The van der Waals surface area contributed by atoms with Gasteiger partial charge in [0.15, 0.2) is 0 Å². The highest BCUT2D eigenvalue weighted by Crippen LogP contribution is 2.30. The number of piperazine rings is 1. The molecule has 2 aliphatic heterocycles. The predicted molar refractivity (Wildman–Crippen MR) is 91.4 cm³/mol. The minimum atomic E-state index is -3.31. The molecule has 2 fully saturated rings. The van der Waals surface area contributed by atoms with Gasteiger partial charge in [0.2, 0.25) is 15.6 Å². The van der Waals surface area contributed by atoms with E-state index in [0.29, 0.717) is 5.69 Å². The maximum Gasteiger partial charge on any atom is 0.268 e. The average molecular weight is 367 g/mol. The Labute approximate surface area is 146 Å². The van der Waals surface area contributed by atoms with Crippen molar-refractivity contribution in [1.29, 1.82) is 0 Å². The Morgan fingerprint density at radius 1 is 1.08 bits per heavy atom. The van der Waals surface area contributed by atoms with Crippen LogP contribution >= 0.6 is 0 Å². The molecule has 0 spiro atoms. The number of benzene rings is 1. The summed E-state index contributed by atoms with van der Waals surface area (Å²) in [6.07, 6.45) is 1.14. The molecule has 8 nitrogen and oxygen atoms in total. The molecule has 0 unspecified atom stereocenters. The van der Waals surface area contributed by atoms with Crippen molar-refractivity contribution in [3.8, 4) is 0 Å². The number of nitrogens with zero attached hydrogens (tertiary/aromatic N) is 3. The number of aliphatic hydroxyl groups is 1. The number of amides is 2. The van der Waals surface area contributed by atoms with Gasteiger partial charge in [0, 0.05) is 44.8 Å². The van der Waals surface area contributed by atoms with Crippen LogP contribution in [0.15, 0.2) is 30.3 Å². The zero-order valence-corrected chi connectivity index (χ0v) is 14.8. The van der Waals surface area contributed by atoms with E-state index in [1.807, 2.05) is 6.07 Å². The Balaban J connectivity index is 1.71. The van der Waals surface area contributed by atoms with Gasteiger partial charge < -0.3 is 14.9 Å². The van der Waals surface area contributed by atoms with Crippen molar-refractivity contribution in [3.63, 3.8) is 0 Å². The molecule has 2 amide bonds. The maximum absolute atomic E-state index is 12.7. The van der Waals surface area contributed by atoms with Crippen LogP contribution in [0.25, 0.3) is 0 Å². The van der Waals surface area contributed by atoms with Gasteiger partial charge in [-0.05, 0) is 12.1 Å². The summed E-state index contributed by atoms with van der Waals surface area (Å²) >= 11 is 0. The van der Waals surface area contributed by atoms with Gasteiger partial charge in [0.25, 0.3) is 11.8 Å². The first-order chi connectivity index (χ1) is 11.7. The predicted octanol–water partition coefficient (Wildman–Crippen LogP) is -0.742. The second kappa shape index (κ2) is 6.40. The molecule has 1 atom stereocenters. The summed E-state index contributed by atoms with van der Waals surface area (Å²) in [5.74, 6) is -1.28. The molecule has 0 saturated carbocycles. The monoisotopic (exact) mass is 367 g/mol. The van der Waals surface area contributed by atoms with Crippen LogP contribution in [-0.4, -0.2) is 79.1 Å². The van der Waals surface area contributed by atoms with Crippen molar-refractivity contribution in [1.82, 2.24) is 9.21 Å². The van der Waals surface area contributed by atoms with Crippen molar-refractivity contribution in [3.05, 3.63) is 30.3 Å². The SMILES string of the molecule is CS(=O)(=O)N1CCN(C(=O)[C@@]2(O)CCN(c3ccccc3)C2=O)CC1. The number of hydrogen-bond donors (Lipinski definition) is 1. The lowest BCUT2D eigenvalue weighted by atomic mass is 10.00. The summed E-state index contributed by atoms with van der Waals surface area (Å²) in [5.41, 5.74) is -1.44. The van der Waals surface area contributed by atoms with Crippen molar-refractivity contribution in [2.75, 3.05) is 43.9 Å². The highest BCUT2D eigenvalue weighted by atomic mass is 32.2. The first-order valence-corrected chi connectivity index (χ1v) is 9.92. The van der Waals surface area contributed by atoms with Crippen LogP contribution in [0.3, 0.4) is 0 Å². The van der Waals surface area contributed by atoms with Crippen molar-refractivity contribution < 1.29 is 23.1 Å². The number of rotatable bonds is 3. The maximum atomic E-state index is 12.7. The van der Waals surface area contributed by atoms with Gasteiger partial charge in [0.05, 0.1) is 6.26 Å². The normalized spacial score (nSPS) is 25.4. The third-order valence-corrected chi connectivity index (χ3v) is 6.02. The Kier molecular flexibility index (Phi) is 4.56. The number of sulfonamides is 1. The molecule has 0 aliphatic carbocycles. The minimum Gasteiger partial charge on any atom is -0.372 e. The van der Waals surface area contributed by atoms with Gasteiger partial charge in [0.1, 0.15) is 0 Å². The molecule has 25 heavy (non-hydrogen) atoms. The third kappa shape index (κ3) is 3.26. The second-order valence-corrected chi connectivity index (χ2v) is 8.34. The highest BCUT2D eigenvalue weighted by molar-refractivity contribution is 7.88. The van der Waals surface area contributed by atoms with Gasteiger partial charge in [-0.25, -0.2) is 8.42 Å². The summed E-state index contributed by atoms with van der Waals surface area (Å²) in [6, 6.07) is 8.89. The number of carbonyl (C=O) groups is 2. The fourth-order valence-corrected chi connectivity index (χ4v) is 4.07. The number of para-hydroxylation sites is 1. The van der Waals surface area contributed by atoms with E-state index >= 15 is 0 Å².